The molecule has 0 aromatic carbocycles. The molecule has 0 rings (SSSR count). The van der Waals surface area contributed by atoms with E-state index in [4.69, 9.17) is 4.74 Å². The Morgan fingerprint density at radius 2 is 0.562 bits per heavy atom. The summed E-state index contributed by atoms with van der Waals surface area (Å²) < 4.78 is 5.48. The van der Waals surface area contributed by atoms with Crippen molar-refractivity contribution in [2.24, 2.45) is 0 Å². The minimum Gasteiger partial charge on any atom is -0.466 e. The lowest BCUT2D eigenvalue weighted by atomic mass is 10.0. The van der Waals surface area contributed by atoms with E-state index < -0.39 is 12.1 Å². The van der Waals surface area contributed by atoms with Gasteiger partial charge in [-0.2, -0.15) is 0 Å². The maximum absolute atomic E-state index is 12.5. The van der Waals surface area contributed by atoms with Crippen molar-refractivity contribution >= 4 is 11.9 Å². The molecule has 6 nitrogen and oxygen atoms in total. The number of hydrogen-bond donors (Lipinski definition) is 3. The molecule has 0 fully saturated rings. The molecule has 0 aliphatic carbocycles. The maximum Gasteiger partial charge on any atom is 0.305 e. The molecule has 0 aliphatic rings. The fourth-order valence-corrected chi connectivity index (χ4v) is 11.0. The average Bonchev–Trinajstić information content (AvgIpc) is 3.39. The lowest BCUT2D eigenvalue weighted by Crippen LogP contribution is -2.45. The number of esters is 1. The van der Waals surface area contributed by atoms with Crippen molar-refractivity contribution in [3.63, 3.8) is 0 Å². The van der Waals surface area contributed by atoms with Crippen molar-refractivity contribution in [1.82, 2.24) is 5.32 Å². The molecular weight excluding hydrogens is 899 g/mol. The molecule has 436 valence electrons. The minimum absolute atomic E-state index is 0.0205. The number of amides is 1. The van der Waals surface area contributed by atoms with Gasteiger partial charge in [-0.25, -0.2) is 0 Å². The van der Waals surface area contributed by atoms with Gasteiger partial charge in [0.1, 0.15) is 0 Å². The summed E-state index contributed by atoms with van der Waals surface area (Å²) in [5.41, 5.74) is 0. The van der Waals surface area contributed by atoms with E-state index in [1.165, 1.54) is 321 Å². The number of aliphatic hydroxyl groups excluding tert-OH is 2. The van der Waals surface area contributed by atoms with Crippen LogP contribution < -0.4 is 5.32 Å². The highest BCUT2D eigenvalue weighted by molar-refractivity contribution is 5.76. The Bertz CT molecular complexity index is 1050. The minimum atomic E-state index is -0.661. The van der Waals surface area contributed by atoms with Gasteiger partial charge in [0.05, 0.1) is 25.4 Å². The second kappa shape index (κ2) is 63.4. The van der Waals surface area contributed by atoms with Crippen molar-refractivity contribution in [3.05, 3.63) is 0 Å². The van der Waals surface area contributed by atoms with E-state index in [0.29, 0.717) is 25.9 Å². The van der Waals surface area contributed by atoms with Gasteiger partial charge in [0.15, 0.2) is 0 Å². The third-order valence-corrected chi connectivity index (χ3v) is 16.2. The van der Waals surface area contributed by atoms with E-state index in [9.17, 15) is 19.8 Å². The highest BCUT2D eigenvalue weighted by atomic mass is 16.5. The number of hydrogen-bond acceptors (Lipinski definition) is 5. The van der Waals surface area contributed by atoms with E-state index in [1.807, 2.05) is 0 Å². The summed E-state index contributed by atoms with van der Waals surface area (Å²) in [7, 11) is 0. The molecule has 6 heteroatoms. The molecule has 73 heavy (non-hydrogen) atoms. The van der Waals surface area contributed by atoms with Crippen molar-refractivity contribution in [2.75, 3.05) is 13.2 Å². The van der Waals surface area contributed by atoms with E-state index in [2.05, 4.69) is 19.2 Å². The van der Waals surface area contributed by atoms with Crippen LogP contribution in [0.2, 0.25) is 0 Å². The molecule has 1 amide bonds. The van der Waals surface area contributed by atoms with Gasteiger partial charge in [0.2, 0.25) is 5.91 Å². The third-order valence-electron chi connectivity index (χ3n) is 16.2. The summed E-state index contributed by atoms with van der Waals surface area (Å²) >= 11 is 0. The van der Waals surface area contributed by atoms with Crippen LogP contribution in [-0.2, 0) is 14.3 Å². The molecule has 0 saturated heterocycles. The zero-order chi connectivity index (χ0) is 52.9. The second-order valence-electron chi connectivity index (χ2n) is 23.5. The lowest BCUT2D eigenvalue weighted by Gasteiger charge is -2.22. The van der Waals surface area contributed by atoms with Crippen molar-refractivity contribution in [1.29, 1.82) is 0 Å². The topological polar surface area (TPSA) is 95.9 Å². The molecule has 2 unspecified atom stereocenters. The average molecular weight is 1030 g/mol. The highest BCUT2D eigenvalue weighted by Gasteiger charge is 2.20. The number of carbonyl (C=O) groups is 2. The normalized spacial score (nSPS) is 12.4. The summed E-state index contributed by atoms with van der Waals surface area (Å²) in [5.74, 6) is -0.00736. The summed E-state index contributed by atoms with van der Waals surface area (Å²) in [6, 6.07) is -0.538. The van der Waals surface area contributed by atoms with Crippen molar-refractivity contribution in [2.45, 2.75) is 405 Å². The van der Waals surface area contributed by atoms with Crippen LogP contribution in [0.1, 0.15) is 393 Å². The Morgan fingerprint density at radius 1 is 0.329 bits per heavy atom. The molecule has 0 aromatic heterocycles. The Balaban J connectivity index is 3.33. The van der Waals surface area contributed by atoms with Gasteiger partial charge >= 0.3 is 5.97 Å². The zero-order valence-electron chi connectivity index (χ0n) is 49.9. The molecule has 0 saturated carbocycles. The summed E-state index contributed by atoms with van der Waals surface area (Å²) in [6.45, 7) is 4.99. The molecule has 0 radical (unpaired) electrons. The van der Waals surface area contributed by atoms with Gasteiger partial charge in [0.25, 0.3) is 0 Å². The largest absolute Gasteiger partial charge is 0.466 e. The van der Waals surface area contributed by atoms with Crippen LogP contribution in [0.4, 0.5) is 0 Å². The Kier molecular flexibility index (Phi) is 62.4. The first kappa shape index (κ1) is 71.9. The van der Waals surface area contributed by atoms with Crippen LogP contribution in [0.25, 0.3) is 0 Å². The third kappa shape index (κ3) is 60.0. The SMILES string of the molecule is CCCCCCCCCCCCCCCCCCC(O)C(CO)NC(=O)CCCCCCCCCCCCCCCCCCCCCCCCCCCCCCOC(=O)CCCCCCCCCCCCCC. The highest BCUT2D eigenvalue weighted by Crippen LogP contribution is 2.19. The van der Waals surface area contributed by atoms with Crippen LogP contribution in [0.3, 0.4) is 0 Å². The van der Waals surface area contributed by atoms with Crippen LogP contribution in [0, 0.1) is 0 Å². The molecule has 0 heterocycles. The van der Waals surface area contributed by atoms with Gasteiger partial charge in [-0.3, -0.25) is 9.59 Å². The molecule has 2 atom stereocenters. The van der Waals surface area contributed by atoms with Crippen LogP contribution >= 0.6 is 0 Å². The predicted molar refractivity (Wildman–Crippen MR) is 320 cm³/mol. The van der Waals surface area contributed by atoms with E-state index in [-0.39, 0.29) is 18.5 Å². The quantitative estimate of drug-likeness (QED) is 0.0417. The number of unbranched alkanes of at least 4 members (excludes halogenated alkanes) is 53. The zero-order valence-corrected chi connectivity index (χ0v) is 49.9. The molecule has 3 N–H and O–H groups in total. The van der Waals surface area contributed by atoms with Gasteiger partial charge in [-0.1, -0.05) is 354 Å². The van der Waals surface area contributed by atoms with Gasteiger partial charge in [-0.05, 0) is 25.7 Å². The first-order chi connectivity index (χ1) is 36.0. The number of rotatable bonds is 64. The predicted octanol–water partition coefficient (Wildman–Crippen LogP) is 21.4. The fourth-order valence-electron chi connectivity index (χ4n) is 11.0. The number of nitrogens with one attached hydrogen (secondary N) is 1. The molecule has 0 aliphatic heterocycles. The summed E-state index contributed by atoms with van der Waals surface area (Å²) in [6.07, 6.45) is 75.7. The number of aliphatic hydroxyl groups is 2. The first-order valence-corrected chi connectivity index (χ1v) is 33.8. The number of ether oxygens (including phenoxy) is 1. The van der Waals surface area contributed by atoms with Crippen LogP contribution in [0.15, 0.2) is 0 Å². The van der Waals surface area contributed by atoms with Crippen molar-refractivity contribution in [3.8, 4) is 0 Å². The smallest absolute Gasteiger partial charge is 0.305 e. The summed E-state index contributed by atoms with van der Waals surface area (Å²) in [4.78, 5) is 24.5. The lowest BCUT2D eigenvalue weighted by molar-refractivity contribution is -0.143. The Hall–Kier alpha value is -1.14. The van der Waals surface area contributed by atoms with E-state index in [1.54, 1.807) is 0 Å². The van der Waals surface area contributed by atoms with E-state index >= 15 is 0 Å². The Labute approximate surface area is 457 Å². The number of carbonyl (C=O) groups excluding carboxylic acids is 2. The molecule has 0 bridgehead atoms. The summed E-state index contributed by atoms with van der Waals surface area (Å²) in [5, 5.41) is 23.3. The second-order valence-corrected chi connectivity index (χ2v) is 23.5. The molecular formula is C67H133NO5. The fraction of sp³-hybridized carbons (Fsp3) is 0.970. The standard InChI is InChI=1S/C67H133NO5/c1-3-5-7-9-11-13-15-17-18-33-36-39-43-47-51-55-59-65(70)64(63-69)68-66(71)60-56-52-48-44-40-37-34-31-29-27-25-23-21-19-20-22-24-26-28-30-32-35-38-42-46-50-54-58-62-73-67(72)61-57-53-49-45-41-16-14-12-10-8-6-4-2/h64-65,69-70H,3-63H2,1-2H3,(H,68,71). The van der Waals surface area contributed by atoms with Crippen LogP contribution in [0.5, 0.6) is 0 Å². The van der Waals surface area contributed by atoms with Crippen molar-refractivity contribution < 1.29 is 24.5 Å². The van der Waals surface area contributed by atoms with Gasteiger partial charge in [-0.15, -0.1) is 0 Å². The molecule has 0 aromatic rings. The maximum atomic E-state index is 12.5. The molecule has 0 spiro atoms. The first-order valence-electron chi connectivity index (χ1n) is 33.8. The Morgan fingerprint density at radius 3 is 0.836 bits per heavy atom. The van der Waals surface area contributed by atoms with Gasteiger partial charge in [0, 0.05) is 12.8 Å². The van der Waals surface area contributed by atoms with Crippen LogP contribution in [-0.4, -0.2) is 47.4 Å². The monoisotopic (exact) mass is 1030 g/mol. The van der Waals surface area contributed by atoms with E-state index in [0.717, 1.165) is 38.5 Å². The van der Waals surface area contributed by atoms with Gasteiger partial charge < -0.3 is 20.3 Å².